The molecule has 1 aliphatic heterocycles. The highest BCUT2D eigenvalue weighted by molar-refractivity contribution is 6.42. The van der Waals surface area contributed by atoms with E-state index in [1.165, 1.54) is 19.2 Å². The molecule has 32 heavy (non-hydrogen) atoms. The van der Waals surface area contributed by atoms with Crippen LogP contribution in [0.4, 0.5) is 4.39 Å². The minimum Gasteiger partial charge on any atom is -0.493 e. The number of benzene rings is 3. The Kier molecular flexibility index (Phi) is 6.44. The van der Waals surface area contributed by atoms with Crippen molar-refractivity contribution in [1.82, 2.24) is 0 Å². The van der Waals surface area contributed by atoms with E-state index in [1.54, 1.807) is 54.6 Å². The van der Waals surface area contributed by atoms with Gasteiger partial charge in [-0.1, -0.05) is 41.4 Å². The predicted octanol–water partition coefficient (Wildman–Crippen LogP) is 6.06. The molecule has 0 unspecified atom stereocenters. The minimum atomic E-state index is -0.587. The van der Waals surface area contributed by atoms with Crippen molar-refractivity contribution < 1.29 is 23.4 Å². The summed E-state index contributed by atoms with van der Waals surface area (Å²) in [4.78, 5) is 16.5. The maximum atomic E-state index is 13.3. The van der Waals surface area contributed by atoms with Crippen molar-refractivity contribution in [3.8, 4) is 11.5 Å². The Morgan fingerprint density at radius 3 is 2.62 bits per heavy atom. The number of esters is 1. The summed E-state index contributed by atoms with van der Waals surface area (Å²) >= 11 is 12.0. The molecule has 0 bridgehead atoms. The van der Waals surface area contributed by atoms with Crippen LogP contribution >= 0.6 is 23.2 Å². The molecule has 1 heterocycles. The summed E-state index contributed by atoms with van der Waals surface area (Å²) in [5, 5.41) is 0.724. The molecule has 4 rings (SSSR count). The molecule has 3 aromatic rings. The molecular weight excluding hydrogens is 456 g/mol. The van der Waals surface area contributed by atoms with Crippen LogP contribution in [0.3, 0.4) is 0 Å². The van der Waals surface area contributed by atoms with Gasteiger partial charge in [-0.25, -0.2) is 14.2 Å². The zero-order valence-electron chi connectivity index (χ0n) is 16.8. The van der Waals surface area contributed by atoms with Crippen LogP contribution in [0.2, 0.25) is 10.0 Å². The zero-order valence-corrected chi connectivity index (χ0v) is 18.3. The van der Waals surface area contributed by atoms with Gasteiger partial charge in [-0.2, -0.15) is 0 Å². The molecule has 0 N–H and O–H groups in total. The Morgan fingerprint density at radius 1 is 1.03 bits per heavy atom. The number of hydrogen-bond donors (Lipinski definition) is 0. The van der Waals surface area contributed by atoms with Gasteiger partial charge in [0.05, 0.1) is 17.2 Å². The number of nitrogens with zero attached hydrogens (tertiary/aromatic N) is 1. The quantitative estimate of drug-likeness (QED) is 0.323. The number of carbonyl (C=O) groups excluding carboxylic acids is 1. The number of hydrogen-bond acceptors (Lipinski definition) is 5. The van der Waals surface area contributed by atoms with E-state index in [-0.39, 0.29) is 24.0 Å². The topological polar surface area (TPSA) is 57.1 Å². The van der Waals surface area contributed by atoms with Crippen molar-refractivity contribution in [1.29, 1.82) is 0 Å². The van der Waals surface area contributed by atoms with Crippen LogP contribution in [0, 0.1) is 5.82 Å². The molecule has 162 valence electrons. The van der Waals surface area contributed by atoms with Crippen molar-refractivity contribution in [2.24, 2.45) is 4.99 Å². The van der Waals surface area contributed by atoms with E-state index in [2.05, 4.69) is 4.99 Å². The molecule has 0 fully saturated rings. The average Bonchev–Trinajstić information content (AvgIpc) is 3.14. The zero-order chi connectivity index (χ0) is 22.7. The van der Waals surface area contributed by atoms with Gasteiger partial charge in [0, 0.05) is 5.56 Å². The highest BCUT2D eigenvalue weighted by Crippen LogP contribution is 2.31. The summed E-state index contributed by atoms with van der Waals surface area (Å²) in [5.74, 6) is 0.159. The third kappa shape index (κ3) is 4.93. The van der Waals surface area contributed by atoms with Gasteiger partial charge in [0.2, 0.25) is 5.90 Å². The molecule has 0 spiro atoms. The second-order valence-electron chi connectivity index (χ2n) is 6.79. The molecule has 5 nitrogen and oxygen atoms in total. The van der Waals surface area contributed by atoms with Gasteiger partial charge in [0.1, 0.15) is 12.4 Å². The van der Waals surface area contributed by atoms with Crippen molar-refractivity contribution in [3.63, 3.8) is 0 Å². The van der Waals surface area contributed by atoms with Crippen LogP contribution < -0.4 is 9.47 Å². The molecule has 0 amide bonds. The van der Waals surface area contributed by atoms with Crippen molar-refractivity contribution in [2.45, 2.75) is 6.61 Å². The maximum absolute atomic E-state index is 13.3. The third-order valence-electron chi connectivity index (χ3n) is 4.56. The Balaban J connectivity index is 1.54. The van der Waals surface area contributed by atoms with E-state index < -0.39 is 5.97 Å². The predicted molar refractivity (Wildman–Crippen MR) is 121 cm³/mol. The van der Waals surface area contributed by atoms with E-state index in [9.17, 15) is 9.18 Å². The SMILES string of the molecule is COc1cc(/C=C2\N=C(c3ccc(Cl)c(Cl)c3)OC2=O)ccc1OCc1cccc(F)c1. The van der Waals surface area contributed by atoms with E-state index in [4.69, 9.17) is 37.4 Å². The standard InChI is InChI=1S/C24H16Cl2FNO4/c1-30-22-11-14(5-8-21(22)31-13-15-3-2-4-17(27)9-15)10-20-24(29)32-23(28-20)16-6-7-18(25)19(26)12-16/h2-12H,13H2,1H3/b20-10-. The molecule has 0 saturated heterocycles. The van der Waals surface area contributed by atoms with Crippen LogP contribution in [-0.2, 0) is 16.1 Å². The number of cyclic esters (lactones) is 1. The van der Waals surface area contributed by atoms with Crippen LogP contribution in [0.1, 0.15) is 16.7 Å². The summed E-state index contributed by atoms with van der Waals surface area (Å²) in [7, 11) is 1.51. The van der Waals surface area contributed by atoms with E-state index in [1.807, 2.05) is 0 Å². The lowest BCUT2D eigenvalue weighted by Crippen LogP contribution is -2.05. The normalized spacial score (nSPS) is 14.3. The van der Waals surface area contributed by atoms with Crippen molar-refractivity contribution in [2.75, 3.05) is 7.11 Å². The van der Waals surface area contributed by atoms with Gasteiger partial charge < -0.3 is 14.2 Å². The number of carbonyl (C=O) groups is 1. The highest BCUT2D eigenvalue weighted by Gasteiger charge is 2.24. The Bertz CT molecular complexity index is 1260. The molecule has 0 aromatic heterocycles. The van der Waals surface area contributed by atoms with Crippen molar-refractivity contribution in [3.05, 3.63) is 98.9 Å². The molecular formula is C24H16Cl2FNO4. The van der Waals surface area contributed by atoms with E-state index in [0.29, 0.717) is 38.2 Å². The fraction of sp³-hybridized carbons (Fsp3) is 0.0833. The summed E-state index contributed by atoms with van der Waals surface area (Å²) in [6.45, 7) is 0.179. The molecule has 0 radical (unpaired) electrons. The third-order valence-corrected chi connectivity index (χ3v) is 5.30. The Labute approximate surface area is 193 Å². The second kappa shape index (κ2) is 9.42. The van der Waals surface area contributed by atoms with Gasteiger partial charge in [-0.05, 0) is 59.7 Å². The maximum Gasteiger partial charge on any atom is 0.363 e. The van der Waals surface area contributed by atoms with Gasteiger partial charge in [0.25, 0.3) is 0 Å². The van der Waals surface area contributed by atoms with Gasteiger partial charge in [-0.3, -0.25) is 0 Å². The van der Waals surface area contributed by atoms with Crippen LogP contribution in [0.5, 0.6) is 11.5 Å². The summed E-state index contributed by atoms with van der Waals surface area (Å²) < 4.78 is 29.8. The second-order valence-corrected chi connectivity index (χ2v) is 7.61. The largest absolute Gasteiger partial charge is 0.493 e. The molecule has 8 heteroatoms. The van der Waals surface area contributed by atoms with Crippen LogP contribution in [0.15, 0.2) is 71.4 Å². The molecule has 0 saturated carbocycles. The first-order valence-electron chi connectivity index (χ1n) is 9.46. The summed E-state index contributed by atoms with van der Waals surface area (Å²) in [6, 6.07) is 16.2. The number of rotatable bonds is 6. The lowest BCUT2D eigenvalue weighted by Gasteiger charge is -2.11. The molecule has 0 atom stereocenters. The first-order valence-corrected chi connectivity index (χ1v) is 10.2. The molecule has 1 aliphatic rings. The number of ether oxygens (including phenoxy) is 3. The Morgan fingerprint density at radius 2 is 1.88 bits per heavy atom. The van der Waals surface area contributed by atoms with Crippen LogP contribution in [-0.4, -0.2) is 19.0 Å². The molecule has 0 aliphatic carbocycles. The first-order chi connectivity index (χ1) is 15.4. The summed E-state index contributed by atoms with van der Waals surface area (Å²) in [6.07, 6.45) is 1.58. The minimum absolute atomic E-state index is 0.126. The lowest BCUT2D eigenvalue weighted by atomic mass is 10.1. The summed E-state index contributed by atoms with van der Waals surface area (Å²) in [5.41, 5.74) is 2.01. The Hall–Kier alpha value is -3.35. The van der Waals surface area contributed by atoms with Gasteiger partial charge in [0.15, 0.2) is 17.2 Å². The number of halogens is 3. The first kappa shape index (κ1) is 21.9. The molecule has 3 aromatic carbocycles. The smallest absolute Gasteiger partial charge is 0.363 e. The monoisotopic (exact) mass is 471 g/mol. The lowest BCUT2D eigenvalue weighted by molar-refractivity contribution is -0.129. The van der Waals surface area contributed by atoms with Crippen LogP contribution in [0.25, 0.3) is 6.08 Å². The average molecular weight is 472 g/mol. The van der Waals surface area contributed by atoms with Crippen molar-refractivity contribution >= 4 is 41.1 Å². The van der Waals surface area contributed by atoms with Gasteiger partial charge >= 0.3 is 5.97 Å². The fourth-order valence-electron chi connectivity index (χ4n) is 3.00. The number of aliphatic imine (C=N–C) groups is 1. The van der Waals surface area contributed by atoms with E-state index >= 15 is 0 Å². The number of methoxy groups -OCH3 is 1. The van der Waals surface area contributed by atoms with E-state index in [0.717, 1.165) is 0 Å². The highest BCUT2D eigenvalue weighted by atomic mass is 35.5. The van der Waals surface area contributed by atoms with Gasteiger partial charge in [-0.15, -0.1) is 0 Å². The fourth-order valence-corrected chi connectivity index (χ4v) is 3.30.